The number of fused-ring (bicyclic) bond motifs is 1. The van der Waals surface area contributed by atoms with E-state index in [0.29, 0.717) is 0 Å². The van der Waals surface area contributed by atoms with Crippen molar-refractivity contribution in [3.63, 3.8) is 0 Å². The van der Waals surface area contributed by atoms with E-state index >= 15 is 0 Å². The molecule has 3 aromatic rings. The third-order valence-corrected chi connectivity index (χ3v) is 7.89. The van der Waals surface area contributed by atoms with E-state index in [1.54, 1.807) is 0 Å². The molecular formula is C29H34O18. The Morgan fingerprint density at radius 1 is 0.745 bits per heavy atom. The van der Waals surface area contributed by atoms with Crippen molar-refractivity contribution in [2.75, 3.05) is 27.4 Å². The number of aliphatic hydroxyl groups excluding tert-OH is 7. The summed E-state index contributed by atoms with van der Waals surface area (Å²) >= 11 is 0. The molecule has 2 aliphatic heterocycles. The average molecular weight is 671 g/mol. The Kier molecular flexibility index (Phi) is 9.99. The zero-order valence-corrected chi connectivity index (χ0v) is 24.7. The molecule has 2 aliphatic rings. The van der Waals surface area contributed by atoms with Crippen molar-refractivity contribution in [3.8, 4) is 45.8 Å². The van der Waals surface area contributed by atoms with Crippen LogP contribution in [0.5, 0.6) is 34.5 Å². The molecule has 0 bridgehead atoms. The molecule has 0 radical (unpaired) electrons. The van der Waals surface area contributed by atoms with Crippen LogP contribution in [0.2, 0.25) is 0 Å². The third-order valence-electron chi connectivity index (χ3n) is 7.89. The highest BCUT2D eigenvalue weighted by atomic mass is 16.7. The van der Waals surface area contributed by atoms with Crippen LogP contribution < -0.4 is 19.6 Å². The molecule has 10 unspecified atom stereocenters. The first kappa shape index (κ1) is 34.4. The maximum Gasteiger partial charge on any atom is 0.239 e. The highest BCUT2D eigenvalue weighted by Gasteiger charge is 2.51. The lowest BCUT2D eigenvalue weighted by Crippen LogP contribution is -2.65. The van der Waals surface area contributed by atoms with Gasteiger partial charge in [-0.3, -0.25) is 4.79 Å². The van der Waals surface area contributed by atoms with Crippen molar-refractivity contribution in [1.82, 2.24) is 0 Å². The molecule has 1 aromatic heterocycles. The highest BCUT2D eigenvalue weighted by molar-refractivity contribution is 5.91. The highest BCUT2D eigenvalue weighted by Crippen LogP contribution is 2.45. The molecular weight excluding hydrogens is 636 g/mol. The van der Waals surface area contributed by atoms with Crippen LogP contribution >= 0.6 is 0 Å². The Morgan fingerprint density at radius 2 is 1.40 bits per heavy atom. The van der Waals surface area contributed by atoms with Gasteiger partial charge in [0, 0.05) is 11.6 Å². The molecule has 5 rings (SSSR count). The summed E-state index contributed by atoms with van der Waals surface area (Å²) < 4.78 is 38.5. The Balaban J connectivity index is 1.54. The number of hydrogen-bond acceptors (Lipinski definition) is 18. The second-order valence-corrected chi connectivity index (χ2v) is 10.7. The molecule has 2 fully saturated rings. The molecule has 0 saturated carbocycles. The van der Waals surface area contributed by atoms with Gasteiger partial charge in [0.2, 0.25) is 23.2 Å². The van der Waals surface area contributed by atoms with Crippen LogP contribution in [0.25, 0.3) is 22.3 Å². The van der Waals surface area contributed by atoms with Crippen LogP contribution in [-0.2, 0) is 14.2 Å². The predicted molar refractivity (Wildman–Crippen MR) is 153 cm³/mol. The van der Waals surface area contributed by atoms with Crippen LogP contribution in [0.4, 0.5) is 0 Å². The fourth-order valence-corrected chi connectivity index (χ4v) is 5.36. The Bertz CT molecular complexity index is 1640. The normalized spacial score (nSPS) is 31.1. The average Bonchev–Trinajstić information content (AvgIpc) is 3.06. The van der Waals surface area contributed by atoms with Crippen molar-refractivity contribution in [1.29, 1.82) is 0 Å². The van der Waals surface area contributed by atoms with Gasteiger partial charge < -0.3 is 83.9 Å². The minimum absolute atomic E-state index is 0.0146. The second kappa shape index (κ2) is 13.6. The SMILES string of the molecule is COc1cc2oc(-c3ccc(O)c(O)c3)c(OC3OC(CO)C(OC4OC(CO)C(O)C(O)C4O)C(O)C3O)c(=O)c2c(O)c1OC. The maximum absolute atomic E-state index is 13.9. The smallest absolute Gasteiger partial charge is 0.239 e. The molecule has 3 heterocycles. The molecule has 10 atom stereocenters. The van der Waals surface area contributed by atoms with E-state index in [-0.39, 0.29) is 22.6 Å². The van der Waals surface area contributed by atoms with E-state index in [4.69, 9.17) is 32.8 Å². The fraction of sp³-hybridized carbons (Fsp3) is 0.483. The van der Waals surface area contributed by atoms with Gasteiger partial charge in [0.25, 0.3) is 0 Å². The summed E-state index contributed by atoms with van der Waals surface area (Å²) in [6, 6.07) is 4.60. The largest absolute Gasteiger partial charge is 0.504 e. The first-order chi connectivity index (χ1) is 22.4. The van der Waals surface area contributed by atoms with Crippen molar-refractivity contribution in [3.05, 3.63) is 34.5 Å². The number of hydrogen-bond donors (Lipinski definition) is 10. The van der Waals surface area contributed by atoms with E-state index in [1.807, 2.05) is 0 Å². The van der Waals surface area contributed by atoms with Gasteiger partial charge in [-0.1, -0.05) is 0 Å². The first-order valence-corrected chi connectivity index (χ1v) is 14.1. The summed E-state index contributed by atoms with van der Waals surface area (Å²) in [4.78, 5) is 13.9. The third kappa shape index (κ3) is 6.11. The summed E-state index contributed by atoms with van der Waals surface area (Å²) in [5, 5.41) is 103. The topological polar surface area (TPSA) is 288 Å². The molecule has 10 N–H and O–H groups in total. The van der Waals surface area contributed by atoms with Crippen LogP contribution in [-0.4, -0.2) is 140 Å². The zero-order chi connectivity index (χ0) is 34.3. The monoisotopic (exact) mass is 670 g/mol. The summed E-state index contributed by atoms with van der Waals surface area (Å²) in [7, 11) is 2.48. The van der Waals surface area contributed by atoms with Crippen molar-refractivity contribution in [2.24, 2.45) is 0 Å². The Morgan fingerprint density at radius 3 is 2.02 bits per heavy atom. The van der Waals surface area contributed by atoms with Gasteiger partial charge in [-0.2, -0.15) is 0 Å². The minimum Gasteiger partial charge on any atom is -0.504 e. The number of rotatable bonds is 9. The molecule has 18 heteroatoms. The van der Waals surface area contributed by atoms with Crippen LogP contribution in [0.3, 0.4) is 0 Å². The van der Waals surface area contributed by atoms with Gasteiger partial charge >= 0.3 is 0 Å². The fourth-order valence-electron chi connectivity index (χ4n) is 5.36. The van der Waals surface area contributed by atoms with E-state index in [1.165, 1.54) is 26.4 Å². The van der Waals surface area contributed by atoms with E-state index in [9.17, 15) is 55.9 Å². The van der Waals surface area contributed by atoms with Crippen LogP contribution in [0, 0.1) is 0 Å². The molecule has 0 spiro atoms. The molecule has 2 saturated heterocycles. The number of phenolic OH excluding ortho intramolecular Hbond substituents is 3. The second-order valence-electron chi connectivity index (χ2n) is 10.7. The van der Waals surface area contributed by atoms with Crippen molar-refractivity contribution in [2.45, 2.75) is 61.4 Å². The number of benzene rings is 2. The van der Waals surface area contributed by atoms with E-state index < -0.39 is 114 Å². The van der Waals surface area contributed by atoms with Crippen LogP contribution in [0.15, 0.2) is 33.5 Å². The van der Waals surface area contributed by atoms with Gasteiger partial charge in [0.15, 0.2) is 35.0 Å². The van der Waals surface area contributed by atoms with Crippen molar-refractivity contribution >= 4 is 11.0 Å². The molecule has 2 aromatic carbocycles. The lowest BCUT2D eigenvalue weighted by atomic mass is 9.97. The summed E-state index contributed by atoms with van der Waals surface area (Å²) in [5.74, 6) is -3.17. The number of methoxy groups -OCH3 is 2. The zero-order valence-electron chi connectivity index (χ0n) is 24.7. The molecule has 258 valence electrons. The van der Waals surface area contributed by atoms with E-state index in [2.05, 4.69) is 0 Å². The summed E-state index contributed by atoms with van der Waals surface area (Å²) in [6.45, 7) is -1.67. The summed E-state index contributed by atoms with van der Waals surface area (Å²) in [6.07, 6.45) is -17.8. The lowest BCUT2D eigenvalue weighted by molar-refractivity contribution is -0.352. The number of aliphatic hydroxyl groups is 7. The first-order valence-electron chi connectivity index (χ1n) is 14.1. The van der Waals surface area contributed by atoms with Gasteiger partial charge in [-0.25, -0.2) is 0 Å². The van der Waals surface area contributed by atoms with E-state index in [0.717, 1.165) is 12.1 Å². The standard InChI is InChI=1S/C29H34O18/c1-41-13-6-12-16(18(35)25(13)42-2)19(36)27(24(43-12)9-3-4-10(32)11(33)5-9)47-29-23(40)21(38)26(15(8-31)45-29)46-28-22(39)20(37)17(34)14(7-30)44-28/h3-6,14-15,17,20-23,26,28-35,37-40H,7-8H2,1-2H3. The lowest BCUT2D eigenvalue weighted by Gasteiger charge is -2.45. The molecule has 18 nitrogen and oxygen atoms in total. The van der Waals surface area contributed by atoms with Gasteiger partial charge in [-0.05, 0) is 18.2 Å². The quantitative estimate of drug-likeness (QED) is 0.106. The Labute approximate surface area is 264 Å². The number of ether oxygens (including phenoxy) is 6. The summed E-state index contributed by atoms with van der Waals surface area (Å²) in [5.41, 5.74) is -1.30. The maximum atomic E-state index is 13.9. The van der Waals surface area contributed by atoms with Gasteiger partial charge in [-0.15, -0.1) is 0 Å². The van der Waals surface area contributed by atoms with Gasteiger partial charge in [0.05, 0.1) is 27.4 Å². The van der Waals surface area contributed by atoms with Crippen molar-refractivity contribution < 1.29 is 83.9 Å². The number of aromatic hydroxyl groups is 3. The molecule has 0 amide bonds. The molecule has 0 aliphatic carbocycles. The predicted octanol–water partition coefficient (Wildman–Crippen LogP) is -2.40. The Hall–Kier alpha value is -3.95. The van der Waals surface area contributed by atoms with Gasteiger partial charge in [0.1, 0.15) is 59.8 Å². The number of phenols is 3. The molecule has 47 heavy (non-hydrogen) atoms. The minimum atomic E-state index is -2.05. The van der Waals surface area contributed by atoms with Crippen LogP contribution in [0.1, 0.15) is 0 Å².